The summed E-state index contributed by atoms with van der Waals surface area (Å²) in [5.74, 6) is -0.664. The van der Waals surface area contributed by atoms with Crippen LogP contribution in [-0.4, -0.2) is 56.6 Å². The number of hydrogen-bond acceptors (Lipinski definition) is 4. The van der Waals surface area contributed by atoms with Crippen molar-refractivity contribution in [3.8, 4) is 0 Å². The summed E-state index contributed by atoms with van der Waals surface area (Å²) in [5, 5.41) is 3.43. The monoisotopic (exact) mass is 519 g/mol. The molecule has 0 heterocycles. The molecule has 2 amide bonds. The van der Waals surface area contributed by atoms with Crippen molar-refractivity contribution in [3.05, 3.63) is 64.7 Å². The van der Waals surface area contributed by atoms with Crippen LogP contribution < -0.4 is 9.62 Å². The summed E-state index contributed by atoms with van der Waals surface area (Å²) >= 11 is 6.13. The molecule has 3 rings (SSSR count). The number of anilines is 1. The fraction of sp³-hybridized carbons (Fsp3) is 0.462. The Morgan fingerprint density at radius 1 is 1.11 bits per heavy atom. The molecule has 0 saturated heterocycles. The van der Waals surface area contributed by atoms with E-state index in [2.05, 4.69) is 5.32 Å². The maximum absolute atomic E-state index is 13.6. The molecule has 2 aromatic rings. The highest BCUT2D eigenvalue weighted by Gasteiger charge is 2.31. The molecule has 1 saturated carbocycles. The third kappa shape index (κ3) is 7.45. The van der Waals surface area contributed by atoms with Gasteiger partial charge in [0.25, 0.3) is 0 Å². The molecular formula is C26H34ClN3O4S. The summed E-state index contributed by atoms with van der Waals surface area (Å²) in [6.07, 6.45) is 5.64. The minimum atomic E-state index is -3.79. The second-order valence-electron chi connectivity index (χ2n) is 9.19. The van der Waals surface area contributed by atoms with Gasteiger partial charge in [-0.25, -0.2) is 8.42 Å². The molecule has 2 aromatic carbocycles. The summed E-state index contributed by atoms with van der Waals surface area (Å²) in [6, 6.07) is 14.0. The van der Waals surface area contributed by atoms with Gasteiger partial charge in [-0.05, 0) is 56.4 Å². The number of hydrogen-bond donors (Lipinski definition) is 1. The van der Waals surface area contributed by atoms with Crippen LogP contribution in [0.2, 0.25) is 5.02 Å². The van der Waals surface area contributed by atoms with Gasteiger partial charge in [0, 0.05) is 17.6 Å². The van der Waals surface area contributed by atoms with Crippen LogP contribution in [0, 0.1) is 6.92 Å². The van der Waals surface area contributed by atoms with Crippen LogP contribution >= 0.6 is 11.6 Å². The number of nitrogens with zero attached hydrogens (tertiary/aromatic N) is 2. The highest BCUT2D eigenvalue weighted by Crippen LogP contribution is 2.26. The average molecular weight is 520 g/mol. The van der Waals surface area contributed by atoms with E-state index in [0.717, 1.165) is 41.8 Å². The largest absolute Gasteiger partial charge is 0.352 e. The predicted molar refractivity (Wildman–Crippen MR) is 140 cm³/mol. The van der Waals surface area contributed by atoms with Crippen LogP contribution in [0.5, 0.6) is 0 Å². The lowest BCUT2D eigenvalue weighted by Gasteiger charge is -2.32. The molecule has 1 aliphatic carbocycles. The van der Waals surface area contributed by atoms with Crippen LogP contribution in [0.15, 0.2) is 48.5 Å². The Hall–Kier alpha value is -2.58. The standard InChI is InChI=1S/C26H34ClN3O4S/c1-19-13-14-22(27)17-24(19)30(35(3,33)34)18-25(31)29(16-15-21-9-5-4-6-10-21)20(2)26(32)28-23-11-7-8-12-23/h4-6,9-10,13-14,17,20,23H,7-8,11-12,15-16,18H2,1-3H3,(H,28,32)/t20-/m0/s1. The van der Waals surface area contributed by atoms with Gasteiger partial charge in [0.1, 0.15) is 12.6 Å². The first-order valence-corrected chi connectivity index (χ1v) is 14.2. The Morgan fingerprint density at radius 2 is 1.77 bits per heavy atom. The van der Waals surface area contributed by atoms with Crippen molar-refractivity contribution in [1.29, 1.82) is 0 Å². The van der Waals surface area contributed by atoms with Gasteiger partial charge in [-0.2, -0.15) is 0 Å². The Morgan fingerprint density at radius 3 is 2.40 bits per heavy atom. The van der Waals surface area contributed by atoms with Crippen LogP contribution in [-0.2, 0) is 26.0 Å². The van der Waals surface area contributed by atoms with E-state index in [9.17, 15) is 18.0 Å². The lowest BCUT2D eigenvalue weighted by atomic mass is 10.1. The Labute approximate surface area is 213 Å². The van der Waals surface area contributed by atoms with Gasteiger partial charge in [-0.1, -0.05) is 60.8 Å². The normalized spacial score (nSPS) is 15.0. The minimum Gasteiger partial charge on any atom is -0.352 e. The third-order valence-electron chi connectivity index (χ3n) is 6.47. The highest BCUT2D eigenvalue weighted by molar-refractivity contribution is 7.92. The van der Waals surface area contributed by atoms with Gasteiger partial charge in [-0.3, -0.25) is 13.9 Å². The molecule has 7 nitrogen and oxygen atoms in total. The van der Waals surface area contributed by atoms with Gasteiger partial charge in [0.05, 0.1) is 11.9 Å². The molecule has 0 unspecified atom stereocenters. The summed E-state index contributed by atoms with van der Waals surface area (Å²) < 4.78 is 26.5. The molecule has 1 fully saturated rings. The number of rotatable bonds is 10. The Kier molecular flexibility index (Phi) is 9.19. The van der Waals surface area contributed by atoms with Crippen molar-refractivity contribution >= 4 is 39.1 Å². The number of carbonyl (C=O) groups excluding carboxylic acids is 2. The smallest absolute Gasteiger partial charge is 0.244 e. The van der Waals surface area contributed by atoms with E-state index in [-0.39, 0.29) is 18.5 Å². The molecular weight excluding hydrogens is 486 g/mol. The molecule has 0 aliphatic heterocycles. The van der Waals surface area contributed by atoms with Crippen LogP contribution in [0.1, 0.15) is 43.7 Å². The van der Waals surface area contributed by atoms with E-state index < -0.39 is 28.5 Å². The van der Waals surface area contributed by atoms with E-state index >= 15 is 0 Å². The predicted octanol–water partition coefficient (Wildman–Crippen LogP) is 3.93. The third-order valence-corrected chi connectivity index (χ3v) is 7.83. The maximum Gasteiger partial charge on any atom is 0.244 e. The fourth-order valence-electron chi connectivity index (χ4n) is 4.41. The van der Waals surface area contributed by atoms with Crippen molar-refractivity contribution in [2.24, 2.45) is 0 Å². The van der Waals surface area contributed by atoms with Crippen molar-refractivity contribution in [2.45, 2.75) is 58.0 Å². The molecule has 0 radical (unpaired) electrons. The first kappa shape index (κ1) is 27.0. The minimum absolute atomic E-state index is 0.123. The molecule has 1 aliphatic rings. The lowest BCUT2D eigenvalue weighted by Crippen LogP contribution is -2.53. The summed E-state index contributed by atoms with van der Waals surface area (Å²) in [7, 11) is -3.79. The van der Waals surface area contributed by atoms with Crippen molar-refractivity contribution in [1.82, 2.24) is 10.2 Å². The van der Waals surface area contributed by atoms with E-state index in [0.29, 0.717) is 22.7 Å². The quantitative estimate of drug-likeness (QED) is 0.515. The van der Waals surface area contributed by atoms with Crippen LogP contribution in [0.25, 0.3) is 0 Å². The average Bonchev–Trinajstić information content (AvgIpc) is 3.32. The topological polar surface area (TPSA) is 86.8 Å². The fourth-order valence-corrected chi connectivity index (χ4v) is 5.47. The zero-order chi connectivity index (χ0) is 25.6. The Bertz CT molecular complexity index is 1130. The first-order valence-electron chi connectivity index (χ1n) is 11.9. The number of aryl methyl sites for hydroxylation is 1. The second kappa shape index (κ2) is 11.9. The van der Waals surface area contributed by atoms with Crippen molar-refractivity contribution < 1.29 is 18.0 Å². The molecule has 35 heavy (non-hydrogen) atoms. The molecule has 0 spiro atoms. The van der Waals surface area contributed by atoms with Gasteiger partial charge in [0.2, 0.25) is 21.8 Å². The summed E-state index contributed by atoms with van der Waals surface area (Å²) in [4.78, 5) is 28.1. The summed E-state index contributed by atoms with van der Waals surface area (Å²) in [6.45, 7) is 3.33. The summed E-state index contributed by atoms with van der Waals surface area (Å²) in [5.41, 5.74) is 2.05. The molecule has 9 heteroatoms. The van der Waals surface area contributed by atoms with Crippen molar-refractivity contribution in [3.63, 3.8) is 0 Å². The van der Waals surface area contributed by atoms with Gasteiger partial charge in [-0.15, -0.1) is 0 Å². The van der Waals surface area contributed by atoms with Crippen LogP contribution in [0.4, 0.5) is 5.69 Å². The number of carbonyl (C=O) groups is 2. The van der Waals surface area contributed by atoms with Gasteiger partial charge >= 0.3 is 0 Å². The van der Waals surface area contributed by atoms with E-state index in [4.69, 9.17) is 11.6 Å². The highest BCUT2D eigenvalue weighted by atomic mass is 35.5. The lowest BCUT2D eigenvalue weighted by molar-refractivity contribution is -0.139. The number of nitrogens with one attached hydrogen (secondary N) is 1. The van der Waals surface area contributed by atoms with Crippen molar-refractivity contribution in [2.75, 3.05) is 23.7 Å². The van der Waals surface area contributed by atoms with Gasteiger partial charge in [0.15, 0.2) is 0 Å². The Balaban J connectivity index is 1.85. The zero-order valence-corrected chi connectivity index (χ0v) is 22.1. The van der Waals surface area contributed by atoms with Gasteiger partial charge < -0.3 is 10.2 Å². The molecule has 0 aromatic heterocycles. The number of sulfonamides is 1. The molecule has 1 atom stereocenters. The zero-order valence-electron chi connectivity index (χ0n) is 20.5. The van der Waals surface area contributed by atoms with Crippen LogP contribution in [0.3, 0.4) is 0 Å². The van der Waals surface area contributed by atoms with E-state index in [1.54, 1.807) is 26.0 Å². The number of benzene rings is 2. The maximum atomic E-state index is 13.6. The molecule has 1 N–H and O–H groups in total. The van der Waals surface area contributed by atoms with E-state index in [1.807, 2.05) is 30.3 Å². The molecule has 190 valence electrons. The SMILES string of the molecule is Cc1ccc(Cl)cc1N(CC(=O)N(CCc1ccccc1)[C@@H](C)C(=O)NC1CCCC1)S(C)(=O)=O. The molecule has 0 bridgehead atoms. The first-order chi connectivity index (χ1) is 16.6. The number of halogens is 1. The van der Waals surface area contributed by atoms with E-state index in [1.165, 1.54) is 11.0 Å². The number of amides is 2. The second-order valence-corrected chi connectivity index (χ2v) is 11.5.